The highest BCUT2D eigenvalue weighted by Crippen LogP contribution is 2.21. The predicted molar refractivity (Wildman–Crippen MR) is 165 cm³/mol. The Morgan fingerprint density at radius 1 is 0.909 bits per heavy atom. The van der Waals surface area contributed by atoms with E-state index in [1.54, 1.807) is 55.4 Å². The summed E-state index contributed by atoms with van der Waals surface area (Å²) in [6.07, 6.45) is 4.56. The van der Waals surface area contributed by atoms with Gasteiger partial charge in [0, 0.05) is 77.5 Å². The van der Waals surface area contributed by atoms with Gasteiger partial charge < -0.3 is 19.9 Å². The molecule has 1 N–H and O–H groups in total. The molecule has 0 spiro atoms. The third-order valence-corrected chi connectivity index (χ3v) is 8.19. The number of carbonyl (C=O) groups is 3. The molecule has 3 aromatic rings. The van der Waals surface area contributed by atoms with Gasteiger partial charge in [-0.1, -0.05) is 12.1 Å². The highest BCUT2D eigenvalue weighted by Gasteiger charge is 2.26. The summed E-state index contributed by atoms with van der Waals surface area (Å²) < 4.78 is 6.10. The van der Waals surface area contributed by atoms with Gasteiger partial charge >= 0.3 is 0 Å². The molecule has 0 saturated carbocycles. The highest BCUT2D eigenvalue weighted by molar-refractivity contribution is 5.96. The third kappa shape index (κ3) is 7.79. The lowest BCUT2D eigenvalue weighted by molar-refractivity contribution is 0.0594. The quantitative estimate of drug-likeness (QED) is 0.422. The SMILES string of the molecule is CN(C)C(=O)c1ccc(OC2CCN(C(=O)c3ccc(C(=O)NC4CCN(Cc5ccc(C#N)cc5)CC4)nc3)CC2)cc1. The van der Waals surface area contributed by atoms with Crippen LogP contribution < -0.4 is 10.1 Å². The number of hydrogen-bond donors (Lipinski definition) is 1. The monoisotopic (exact) mass is 594 g/mol. The largest absolute Gasteiger partial charge is 0.490 e. The number of piperidine rings is 2. The van der Waals surface area contributed by atoms with Gasteiger partial charge in [-0.05, 0) is 66.9 Å². The first-order valence-electron chi connectivity index (χ1n) is 15.0. The fraction of sp³-hybridized carbons (Fsp3) is 0.382. The van der Waals surface area contributed by atoms with Gasteiger partial charge in [-0.15, -0.1) is 0 Å². The van der Waals surface area contributed by atoms with Crippen LogP contribution in [0.3, 0.4) is 0 Å². The van der Waals surface area contributed by atoms with Gasteiger partial charge in [-0.25, -0.2) is 0 Å². The summed E-state index contributed by atoms with van der Waals surface area (Å²) >= 11 is 0. The summed E-state index contributed by atoms with van der Waals surface area (Å²) in [4.78, 5) is 48.0. The Balaban J connectivity index is 1.04. The topological polar surface area (TPSA) is 119 Å². The maximum Gasteiger partial charge on any atom is 0.270 e. The maximum atomic E-state index is 13.1. The van der Waals surface area contributed by atoms with Crippen molar-refractivity contribution in [2.75, 3.05) is 40.3 Å². The smallest absolute Gasteiger partial charge is 0.270 e. The second kappa shape index (κ2) is 14.1. The zero-order chi connectivity index (χ0) is 31.1. The number of carbonyl (C=O) groups excluding carboxylic acids is 3. The molecule has 228 valence electrons. The Morgan fingerprint density at radius 3 is 2.16 bits per heavy atom. The van der Waals surface area contributed by atoms with Crippen LogP contribution in [0.1, 0.15) is 68.0 Å². The molecule has 10 nitrogen and oxygen atoms in total. The Kier molecular flexibility index (Phi) is 9.87. The second-order valence-corrected chi connectivity index (χ2v) is 11.6. The van der Waals surface area contributed by atoms with Crippen molar-refractivity contribution < 1.29 is 19.1 Å². The van der Waals surface area contributed by atoms with E-state index in [4.69, 9.17) is 10.00 Å². The number of hydrogen-bond acceptors (Lipinski definition) is 7. The molecule has 3 heterocycles. The lowest BCUT2D eigenvalue weighted by Crippen LogP contribution is -2.44. The molecule has 2 saturated heterocycles. The number of nitriles is 1. The number of ether oxygens (including phenoxy) is 1. The molecule has 0 radical (unpaired) electrons. The molecule has 5 rings (SSSR count). The van der Waals surface area contributed by atoms with Crippen LogP contribution in [-0.2, 0) is 6.54 Å². The number of pyridine rings is 1. The summed E-state index contributed by atoms with van der Waals surface area (Å²) in [5, 5.41) is 12.1. The van der Waals surface area contributed by atoms with Crippen LogP contribution in [-0.4, -0.2) is 89.8 Å². The summed E-state index contributed by atoms with van der Waals surface area (Å²) in [5.41, 5.74) is 3.19. The molecule has 3 amide bonds. The van der Waals surface area contributed by atoms with E-state index in [2.05, 4.69) is 21.3 Å². The maximum absolute atomic E-state index is 13.1. The van der Waals surface area contributed by atoms with Gasteiger partial charge in [0.25, 0.3) is 17.7 Å². The van der Waals surface area contributed by atoms with Crippen molar-refractivity contribution in [1.82, 2.24) is 25.0 Å². The normalized spacial score (nSPS) is 16.2. The van der Waals surface area contributed by atoms with E-state index in [-0.39, 0.29) is 29.9 Å². The number of benzene rings is 2. The Morgan fingerprint density at radius 2 is 1.57 bits per heavy atom. The van der Waals surface area contributed by atoms with Crippen LogP contribution in [0.2, 0.25) is 0 Å². The standard InChI is InChI=1S/C34H38N6O4/c1-38(2)33(42)26-7-10-29(11-8-26)44-30-15-19-40(20-16-30)34(43)27-9-12-31(36-22-27)32(41)37-28-13-17-39(18-14-28)23-25-5-3-24(21-35)4-6-25/h3-12,22,28,30H,13-20,23H2,1-2H3,(H,37,41). The Bertz CT molecular complexity index is 1480. The molecular formula is C34H38N6O4. The van der Waals surface area contributed by atoms with Crippen LogP contribution in [0.5, 0.6) is 5.75 Å². The minimum atomic E-state index is -0.230. The molecular weight excluding hydrogens is 556 g/mol. The summed E-state index contributed by atoms with van der Waals surface area (Å²) in [7, 11) is 3.44. The van der Waals surface area contributed by atoms with Crippen LogP contribution >= 0.6 is 0 Å². The second-order valence-electron chi connectivity index (χ2n) is 11.6. The van der Waals surface area contributed by atoms with Crippen molar-refractivity contribution in [2.24, 2.45) is 0 Å². The van der Waals surface area contributed by atoms with Crippen molar-refractivity contribution in [3.8, 4) is 11.8 Å². The highest BCUT2D eigenvalue weighted by atomic mass is 16.5. The molecule has 2 aliphatic heterocycles. The lowest BCUT2D eigenvalue weighted by Gasteiger charge is -2.32. The number of likely N-dealkylation sites (tertiary alicyclic amines) is 2. The predicted octanol–water partition coefficient (Wildman–Crippen LogP) is 3.73. The van der Waals surface area contributed by atoms with E-state index in [9.17, 15) is 14.4 Å². The van der Waals surface area contributed by atoms with Gasteiger partial charge in [0.1, 0.15) is 17.5 Å². The molecule has 0 bridgehead atoms. The Hall–Kier alpha value is -4.75. The zero-order valence-electron chi connectivity index (χ0n) is 25.2. The zero-order valence-corrected chi connectivity index (χ0v) is 25.2. The van der Waals surface area contributed by atoms with Crippen molar-refractivity contribution in [3.63, 3.8) is 0 Å². The molecule has 10 heteroatoms. The first-order valence-corrected chi connectivity index (χ1v) is 15.0. The molecule has 2 fully saturated rings. The van der Waals surface area contributed by atoms with Gasteiger partial charge in [0.15, 0.2) is 0 Å². The van der Waals surface area contributed by atoms with E-state index in [1.165, 1.54) is 16.7 Å². The van der Waals surface area contributed by atoms with Crippen LogP contribution in [0, 0.1) is 11.3 Å². The lowest BCUT2D eigenvalue weighted by atomic mass is 10.0. The number of nitrogens with one attached hydrogen (secondary N) is 1. The van der Waals surface area contributed by atoms with E-state index >= 15 is 0 Å². The molecule has 44 heavy (non-hydrogen) atoms. The van der Waals surface area contributed by atoms with E-state index in [1.807, 2.05) is 24.3 Å². The molecule has 0 unspecified atom stereocenters. The van der Waals surface area contributed by atoms with Gasteiger partial charge in [0.05, 0.1) is 17.2 Å². The molecule has 2 aromatic carbocycles. The van der Waals surface area contributed by atoms with Crippen molar-refractivity contribution in [2.45, 2.75) is 44.4 Å². The average molecular weight is 595 g/mol. The molecule has 2 aliphatic rings. The minimum absolute atomic E-state index is 0.0125. The summed E-state index contributed by atoms with van der Waals surface area (Å²) in [6.45, 7) is 3.69. The molecule has 0 aliphatic carbocycles. The van der Waals surface area contributed by atoms with Gasteiger partial charge in [-0.3, -0.25) is 24.3 Å². The third-order valence-electron chi connectivity index (χ3n) is 8.19. The van der Waals surface area contributed by atoms with E-state index < -0.39 is 0 Å². The first kappa shape index (κ1) is 30.7. The van der Waals surface area contributed by atoms with Crippen LogP contribution in [0.25, 0.3) is 0 Å². The van der Waals surface area contributed by atoms with Crippen molar-refractivity contribution in [3.05, 3.63) is 94.8 Å². The number of nitrogens with zero attached hydrogens (tertiary/aromatic N) is 5. The number of amides is 3. The van der Waals surface area contributed by atoms with Crippen LogP contribution in [0.15, 0.2) is 66.9 Å². The van der Waals surface area contributed by atoms with E-state index in [0.717, 1.165) is 32.5 Å². The fourth-order valence-corrected chi connectivity index (χ4v) is 5.58. The number of rotatable bonds is 8. The van der Waals surface area contributed by atoms with E-state index in [0.29, 0.717) is 54.1 Å². The summed E-state index contributed by atoms with van der Waals surface area (Å²) in [6, 6.07) is 20.3. The minimum Gasteiger partial charge on any atom is -0.490 e. The van der Waals surface area contributed by atoms with Gasteiger partial charge in [-0.2, -0.15) is 5.26 Å². The molecule has 0 atom stereocenters. The fourth-order valence-electron chi connectivity index (χ4n) is 5.58. The van der Waals surface area contributed by atoms with Gasteiger partial charge in [0.2, 0.25) is 0 Å². The Labute approximate surface area is 258 Å². The summed E-state index contributed by atoms with van der Waals surface area (Å²) in [5.74, 6) is 0.313. The first-order chi connectivity index (χ1) is 21.3. The number of aromatic nitrogens is 1. The van der Waals surface area contributed by atoms with Crippen LogP contribution in [0.4, 0.5) is 0 Å². The van der Waals surface area contributed by atoms with Crippen molar-refractivity contribution >= 4 is 17.7 Å². The average Bonchev–Trinajstić information content (AvgIpc) is 3.06. The van der Waals surface area contributed by atoms with Crippen molar-refractivity contribution in [1.29, 1.82) is 5.26 Å². The molecule has 1 aromatic heterocycles.